The number of hydrogen-bond acceptors (Lipinski definition) is 6. The maximum atomic E-state index is 12.1. The summed E-state index contributed by atoms with van der Waals surface area (Å²) in [7, 11) is 1.48. The molecule has 0 saturated carbocycles. The minimum Gasteiger partial charge on any atom is -0.495 e. The van der Waals surface area contributed by atoms with Crippen LogP contribution in [0.25, 0.3) is 0 Å². The SMILES string of the molecule is COc1ccc(Cl)cc1NC(=O)COC(=O)c1ccc(OCC2CCCO2)cc1. The summed E-state index contributed by atoms with van der Waals surface area (Å²) in [5.41, 5.74) is 0.719. The lowest BCUT2D eigenvalue weighted by Crippen LogP contribution is -2.21. The molecule has 7 nitrogen and oxygen atoms in total. The molecule has 8 heteroatoms. The van der Waals surface area contributed by atoms with Crippen LogP contribution in [0.1, 0.15) is 23.2 Å². The minimum absolute atomic E-state index is 0.122. The van der Waals surface area contributed by atoms with Gasteiger partial charge in [-0.2, -0.15) is 0 Å². The summed E-state index contributed by atoms with van der Waals surface area (Å²) < 4.78 is 21.4. The highest BCUT2D eigenvalue weighted by Crippen LogP contribution is 2.27. The molecular formula is C21H22ClNO6. The van der Waals surface area contributed by atoms with Gasteiger partial charge in [0.25, 0.3) is 5.91 Å². The second kappa shape index (κ2) is 10.1. The average molecular weight is 420 g/mol. The van der Waals surface area contributed by atoms with Crippen LogP contribution < -0.4 is 14.8 Å². The topological polar surface area (TPSA) is 83.1 Å². The number of rotatable bonds is 8. The van der Waals surface area contributed by atoms with Gasteiger partial charge in [-0.25, -0.2) is 4.79 Å². The van der Waals surface area contributed by atoms with Crippen LogP contribution in [0.15, 0.2) is 42.5 Å². The molecule has 0 spiro atoms. The van der Waals surface area contributed by atoms with Gasteiger partial charge < -0.3 is 24.3 Å². The second-order valence-electron chi connectivity index (χ2n) is 6.44. The molecule has 0 radical (unpaired) electrons. The average Bonchev–Trinajstić information content (AvgIpc) is 3.25. The predicted octanol–water partition coefficient (Wildman–Crippen LogP) is 3.70. The summed E-state index contributed by atoms with van der Waals surface area (Å²) in [5, 5.41) is 3.05. The Labute approximate surface area is 173 Å². The van der Waals surface area contributed by atoms with Crippen molar-refractivity contribution in [2.24, 2.45) is 0 Å². The molecule has 1 heterocycles. The lowest BCUT2D eigenvalue weighted by Gasteiger charge is -2.12. The lowest BCUT2D eigenvalue weighted by atomic mass is 10.2. The van der Waals surface area contributed by atoms with E-state index in [1.807, 2.05) is 0 Å². The summed E-state index contributed by atoms with van der Waals surface area (Å²) in [6.45, 7) is 0.819. The Kier molecular flexibility index (Phi) is 7.32. The van der Waals surface area contributed by atoms with Crippen molar-refractivity contribution in [3.05, 3.63) is 53.1 Å². The standard InChI is InChI=1S/C21H22ClNO6/c1-26-19-9-6-15(22)11-18(19)23-20(24)13-29-21(25)14-4-7-16(8-5-14)28-12-17-3-2-10-27-17/h4-9,11,17H,2-3,10,12-13H2,1H3,(H,23,24). The van der Waals surface area contributed by atoms with Gasteiger partial charge in [-0.15, -0.1) is 0 Å². The Morgan fingerprint density at radius 3 is 2.69 bits per heavy atom. The van der Waals surface area contributed by atoms with Crippen molar-refractivity contribution in [2.45, 2.75) is 18.9 Å². The Balaban J connectivity index is 1.47. The van der Waals surface area contributed by atoms with E-state index >= 15 is 0 Å². The molecule has 1 fully saturated rings. The van der Waals surface area contributed by atoms with E-state index in [9.17, 15) is 9.59 Å². The normalized spacial score (nSPS) is 15.6. The molecule has 1 aliphatic rings. The fraction of sp³-hybridized carbons (Fsp3) is 0.333. The van der Waals surface area contributed by atoms with Crippen LogP contribution in [-0.2, 0) is 14.3 Å². The molecule has 2 aromatic carbocycles. The predicted molar refractivity (Wildman–Crippen MR) is 108 cm³/mol. The van der Waals surface area contributed by atoms with Gasteiger partial charge in [-0.3, -0.25) is 4.79 Å². The first-order chi connectivity index (χ1) is 14.0. The summed E-state index contributed by atoms with van der Waals surface area (Å²) >= 11 is 5.93. The van der Waals surface area contributed by atoms with Crippen LogP contribution in [0.5, 0.6) is 11.5 Å². The largest absolute Gasteiger partial charge is 0.495 e. The number of ether oxygens (including phenoxy) is 4. The van der Waals surface area contributed by atoms with Crippen LogP contribution in [0, 0.1) is 0 Å². The first-order valence-corrected chi connectivity index (χ1v) is 9.58. The highest BCUT2D eigenvalue weighted by atomic mass is 35.5. The number of halogens is 1. The van der Waals surface area contributed by atoms with Crippen molar-refractivity contribution < 1.29 is 28.5 Å². The molecule has 0 bridgehead atoms. The molecule has 1 N–H and O–H groups in total. The smallest absolute Gasteiger partial charge is 0.338 e. The van der Waals surface area contributed by atoms with Crippen LogP contribution >= 0.6 is 11.6 Å². The molecule has 0 aromatic heterocycles. The van der Waals surface area contributed by atoms with Crippen LogP contribution in [0.4, 0.5) is 5.69 Å². The number of benzene rings is 2. The maximum absolute atomic E-state index is 12.1. The first-order valence-electron chi connectivity index (χ1n) is 9.20. The molecule has 1 aliphatic heterocycles. The van der Waals surface area contributed by atoms with E-state index < -0.39 is 18.5 Å². The van der Waals surface area contributed by atoms with Crippen molar-refractivity contribution in [3.63, 3.8) is 0 Å². The van der Waals surface area contributed by atoms with Crippen LogP contribution in [-0.4, -0.2) is 44.9 Å². The zero-order chi connectivity index (χ0) is 20.6. The second-order valence-corrected chi connectivity index (χ2v) is 6.88. The van der Waals surface area contributed by atoms with Gasteiger partial charge in [-0.1, -0.05) is 11.6 Å². The summed E-state index contributed by atoms with van der Waals surface area (Å²) in [6.07, 6.45) is 2.17. The molecule has 1 atom stereocenters. The van der Waals surface area contributed by atoms with Gasteiger partial charge in [0.2, 0.25) is 0 Å². The van der Waals surface area contributed by atoms with E-state index in [1.165, 1.54) is 7.11 Å². The Hall–Kier alpha value is -2.77. The third-order valence-electron chi connectivity index (χ3n) is 4.32. The van der Waals surface area contributed by atoms with Crippen molar-refractivity contribution in [1.29, 1.82) is 0 Å². The highest BCUT2D eigenvalue weighted by Gasteiger charge is 2.16. The van der Waals surface area contributed by atoms with Crippen LogP contribution in [0.3, 0.4) is 0 Å². The fourth-order valence-corrected chi connectivity index (χ4v) is 3.00. The van der Waals surface area contributed by atoms with Crippen molar-refractivity contribution >= 4 is 29.2 Å². The molecule has 29 heavy (non-hydrogen) atoms. The van der Waals surface area contributed by atoms with Gasteiger partial charge in [0.15, 0.2) is 6.61 Å². The monoisotopic (exact) mass is 419 g/mol. The molecular weight excluding hydrogens is 398 g/mol. The first kappa shape index (κ1) is 21.0. The summed E-state index contributed by atoms with van der Waals surface area (Å²) in [6, 6.07) is 11.4. The van der Waals surface area contributed by atoms with Crippen molar-refractivity contribution in [2.75, 3.05) is 32.2 Å². The van der Waals surface area contributed by atoms with E-state index in [0.717, 1.165) is 19.4 Å². The number of hydrogen-bond donors (Lipinski definition) is 1. The van der Waals surface area contributed by atoms with E-state index in [2.05, 4.69) is 5.32 Å². The molecule has 0 aliphatic carbocycles. The molecule has 2 aromatic rings. The summed E-state index contributed by atoms with van der Waals surface area (Å²) in [4.78, 5) is 24.2. The van der Waals surface area contributed by atoms with Gasteiger partial charge in [-0.05, 0) is 55.3 Å². The molecule has 1 saturated heterocycles. The Morgan fingerprint density at radius 2 is 2.00 bits per heavy atom. The number of esters is 1. The maximum Gasteiger partial charge on any atom is 0.338 e. The van der Waals surface area contributed by atoms with Crippen LogP contribution in [0.2, 0.25) is 5.02 Å². The van der Waals surface area contributed by atoms with Crippen molar-refractivity contribution in [1.82, 2.24) is 0 Å². The zero-order valence-corrected chi connectivity index (χ0v) is 16.7. The molecule has 1 amide bonds. The summed E-state index contributed by atoms with van der Waals surface area (Å²) in [5.74, 6) is -0.0187. The number of nitrogens with one attached hydrogen (secondary N) is 1. The fourth-order valence-electron chi connectivity index (χ4n) is 2.83. The number of carbonyl (C=O) groups is 2. The number of amides is 1. The van der Waals surface area contributed by atoms with Gasteiger partial charge in [0.1, 0.15) is 18.1 Å². The van der Waals surface area contributed by atoms with E-state index in [-0.39, 0.29) is 6.10 Å². The third kappa shape index (κ3) is 6.10. The number of methoxy groups -OCH3 is 1. The minimum atomic E-state index is -0.608. The van der Waals surface area contributed by atoms with E-state index in [1.54, 1.807) is 42.5 Å². The zero-order valence-electron chi connectivity index (χ0n) is 16.0. The van der Waals surface area contributed by atoms with Gasteiger partial charge in [0.05, 0.1) is 24.5 Å². The Morgan fingerprint density at radius 1 is 1.21 bits per heavy atom. The molecule has 1 unspecified atom stereocenters. The lowest BCUT2D eigenvalue weighted by molar-refractivity contribution is -0.119. The third-order valence-corrected chi connectivity index (χ3v) is 4.55. The van der Waals surface area contributed by atoms with E-state index in [0.29, 0.717) is 34.4 Å². The van der Waals surface area contributed by atoms with Gasteiger partial charge >= 0.3 is 5.97 Å². The van der Waals surface area contributed by atoms with Crippen molar-refractivity contribution in [3.8, 4) is 11.5 Å². The molecule has 154 valence electrons. The molecule has 3 rings (SSSR count). The van der Waals surface area contributed by atoms with E-state index in [4.69, 9.17) is 30.5 Å². The highest BCUT2D eigenvalue weighted by molar-refractivity contribution is 6.31. The number of carbonyl (C=O) groups excluding carboxylic acids is 2. The number of anilines is 1. The Bertz CT molecular complexity index is 849. The van der Waals surface area contributed by atoms with Gasteiger partial charge in [0, 0.05) is 11.6 Å². The quantitative estimate of drug-likeness (QED) is 0.657.